The molecule has 1 fully saturated rings. The van der Waals surface area contributed by atoms with Crippen LogP contribution in [0.25, 0.3) is 0 Å². The number of carbonyl (C=O) groups is 2. The van der Waals surface area contributed by atoms with Crippen molar-refractivity contribution in [1.82, 2.24) is 9.88 Å². The van der Waals surface area contributed by atoms with Gasteiger partial charge >= 0.3 is 5.97 Å². The van der Waals surface area contributed by atoms with Gasteiger partial charge in [-0.15, -0.1) is 0 Å². The summed E-state index contributed by atoms with van der Waals surface area (Å²) in [6, 6.07) is 1.53. The Bertz CT molecular complexity index is 494. The van der Waals surface area contributed by atoms with Crippen LogP contribution in [0.4, 0.5) is 0 Å². The van der Waals surface area contributed by atoms with Crippen LogP contribution in [0.2, 0.25) is 0 Å². The minimum absolute atomic E-state index is 0.252. The summed E-state index contributed by atoms with van der Waals surface area (Å²) in [5.41, 5.74) is 0.575. The van der Waals surface area contributed by atoms with Gasteiger partial charge in [0.1, 0.15) is 11.7 Å². The van der Waals surface area contributed by atoms with Crippen molar-refractivity contribution in [2.24, 2.45) is 0 Å². The molecule has 0 aromatic carbocycles. The molecule has 0 saturated heterocycles. The first-order valence-electron chi connectivity index (χ1n) is 6.37. The van der Waals surface area contributed by atoms with Crippen LogP contribution < -0.4 is 5.32 Å². The van der Waals surface area contributed by atoms with Gasteiger partial charge in [-0.3, -0.25) is 4.79 Å². The molecule has 1 aromatic heterocycles. The number of halogens is 1. The molecule has 0 radical (unpaired) electrons. The Kier molecular flexibility index (Phi) is 4.29. The van der Waals surface area contributed by atoms with Gasteiger partial charge in [0.2, 0.25) is 0 Å². The number of hydrogen-bond donors (Lipinski definition) is 1. The molecule has 5 nitrogen and oxygen atoms in total. The number of hydrogen-bond acceptors (Lipinski definition) is 3. The zero-order valence-electron chi connectivity index (χ0n) is 11.0. The zero-order valence-corrected chi connectivity index (χ0v) is 12.6. The number of nitrogens with one attached hydrogen (secondary N) is 1. The number of esters is 1. The highest BCUT2D eigenvalue weighted by molar-refractivity contribution is 9.10. The van der Waals surface area contributed by atoms with Gasteiger partial charge in [0, 0.05) is 16.7 Å². The predicted molar refractivity (Wildman–Crippen MR) is 74.0 cm³/mol. The van der Waals surface area contributed by atoms with E-state index in [0.717, 1.165) is 17.3 Å². The second kappa shape index (κ2) is 5.77. The van der Waals surface area contributed by atoms with Crippen molar-refractivity contribution < 1.29 is 14.3 Å². The summed E-state index contributed by atoms with van der Waals surface area (Å²) in [5.74, 6) is -0.669. The van der Waals surface area contributed by atoms with Crippen LogP contribution >= 0.6 is 15.9 Å². The third-order valence-electron chi connectivity index (χ3n) is 2.98. The second-order valence-corrected chi connectivity index (χ2v) is 5.54. The first-order chi connectivity index (χ1) is 9.02. The molecule has 1 aromatic rings. The Morgan fingerprint density at radius 2 is 2.26 bits per heavy atom. The lowest BCUT2D eigenvalue weighted by Gasteiger charge is -2.13. The maximum absolute atomic E-state index is 12.2. The average molecular weight is 329 g/mol. The van der Waals surface area contributed by atoms with E-state index in [9.17, 15) is 9.59 Å². The molecular formula is C13H17BrN2O3. The van der Waals surface area contributed by atoms with Gasteiger partial charge in [0.05, 0.1) is 6.61 Å². The van der Waals surface area contributed by atoms with Gasteiger partial charge in [-0.2, -0.15) is 0 Å². The van der Waals surface area contributed by atoms with Crippen LogP contribution in [0.1, 0.15) is 43.2 Å². The summed E-state index contributed by atoms with van der Waals surface area (Å²) in [5, 5.41) is 2.66. The molecule has 2 rings (SSSR count). The van der Waals surface area contributed by atoms with E-state index in [1.165, 1.54) is 0 Å². The Morgan fingerprint density at radius 1 is 1.58 bits per heavy atom. The van der Waals surface area contributed by atoms with Crippen LogP contribution in [0.15, 0.2) is 16.7 Å². The molecule has 6 heteroatoms. The van der Waals surface area contributed by atoms with Crippen molar-refractivity contribution in [1.29, 1.82) is 0 Å². The van der Waals surface area contributed by atoms with Gasteiger partial charge in [0.15, 0.2) is 0 Å². The van der Waals surface area contributed by atoms with E-state index < -0.39 is 12.0 Å². The summed E-state index contributed by atoms with van der Waals surface area (Å²) < 4.78 is 7.69. The number of aromatic nitrogens is 1. The smallest absolute Gasteiger partial charge is 0.328 e. The molecule has 1 N–H and O–H groups in total. The molecule has 1 atom stereocenters. The number of ether oxygens (including phenoxy) is 1. The first-order valence-corrected chi connectivity index (χ1v) is 7.17. The third kappa shape index (κ3) is 3.37. The molecule has 1 unspecified atom stereocenters. The monoisotopic (exact) mass is 328 g/mol. The summed E-state index contributed by atoms with van der Waals surface area (Å²) in [6.07, 6.45) is 4.09. The number of nitrogens with zero attached hydrogens (tertiary/aromatic N) is 1. The lowest BCUT2D eigenvalue weighted by Crippen LogP contribution is -2.40. The Morgan fingerprint density at radius 3 is 2.84 bits per heavy atom. The highest BCUT2D eigenvalue weighted by Crippen LogP contribution is 2.37. The molecule has 104 valence electrons. The fraction of sp³-hybridized carbons (Fsp3) is 0.538. The zero-order chi connectivity index (χ0) is 14.0. The van der Waals surface area contributed by atoms with Gasteiger partial charge in [-0.25, -0.2) is 4.79 Å². The molecular weight excluding hydrogens is 312 g/mol. The van der Waals surface area contributed by atoms with E-state index in [1.54, 1.807) is 19.9 Å². The predicted octanol–water partition coefficient (Wildman–Crippen LogP) is 2.27. The van der Waals surface area contributed by atoms with Crippen LogP contribution in [-0.2, 0) is 9.53 Å². The minimum atomic E-state index is -0.645. The van der Waals surface area contributed by atoms with E-state index >= 15 is 0 Å². The second-order valence-electron chi connectivity index (χ2n) is 4.63. The summed E-state index contributed by atoms with van der Waals surface area (Å²) in [7, 11) is 0. The standard InChI is InChI=1S/C13H17BrN2O3/c1-3-19-13(18)8(2)15-12(17)11-6-9(14)7-16(11)10-4-5-10/h6-8,10H,3-5H2,1-2H3,(H,15,17). The summed E-state index contributed by atoms with van der Waals surface area (Å²) in [6.45, 7) is 3.67. The van der Waals surface area contributed by atoms with E-state index in [-0.39, 0.29) is 5.91 Å². The van der Waals surface area contributed by atoms with Crippen LogP contribution in [0.3, 0.4) is 0 Å². The van der Waals surface area contributed by atoms with Crippen LogP contribution in [0.5, 0.6) is 0 Å². The largest absolute Gasteiger partial charge is 0.464 e. The highest BCUT2D eigenvalue weighted by Gasteiger charge is 2.28. The first kappa shape index (κ1) is 14.1. The molecule has 0 bridgehead atoms. The van der Waals surface area contributed by atoms with E-state index in [2.05, 4.69) is 21.2 Å². The van der Waals surface area contributed by atoms with E-state index in [1.807, 2.05) is 10.8 Å². The number of carbonyl (C=O) groups excluding carboxylic acids is 2. The van der Waals surface area contributed by atoms with Gasteiger partial charge in [-0.05, 0) is 48.7 Å². The van der Waals surface area contributed by atoms with Crippen molar-refractivity contribution in [2.75, 3.05) is 6.61 Å². The number of rotatable bonds is 5. The number of amides is 1. The quantitative estimate of drug-likeness (QED) is 0.843. The molecule has 0 spiro atoms. The molecule has 1 amide bonds. The lowest BCUT2D eigenvalue weighted by molar-refractivity contribution is -0.144. The SMILES string of the molecule is CCOC(=O)C(C)NC(=O)c1cc(Br)cn1C1CC1. The third-order valence-corrected chi connectivity index (χ3v) is 3.41. The van der Waals surface area contributed by atoms with Crippen molar-refractivity contribution in [2.45, 2.75) is 38.8 Å². The van der Waals surface area contributed by atoms with E-state index in [0.29, 0.717) is 18.3 Å². The molecule has 19 heavy (non-hydrogen) atoms. The van der Waals surface area contributed by atoms with Gasteiger partial charge in [0.25, 0.3) is 5.91 Å². The van der Waals surface area contributed by atoms with Crippen molar-refractivity contribution in [3.8, 4) is 0 Å². The maximum atomic E-state index is 12.2. The van der Waals surface area contributed by atoms with Crippen molar-refractivity contribution in [3.63, 3.8) is 0 Å². The molecule has 0 aliphatic heterocycles. The molecule has 1 aliphatic carbocycles. The van der Waals surface area contributed by atoms with Gasteiger partial charge < -0.3 is 14.6 Å². The average Bonchev–Trinajstić information content (AvgIpc) is 3.12. The molecule has 1 heterocycles. The summed E-state index contributed by atoms with van der Waals surface area (Å²) >= 11 is 3.37. The Labute approximate surface area is 120 Å². The Balaban J connectivity index is 2.05. The molecule has 1 saturated carbocycles. The van der Waals surface area contributed by atoms with Crippen LogP contribution in [-0.4, -0.2) is 29.1 Å². The van der Waals surface area contributed by atoms with Gasteiger partial charge in [-0.1, -0.05) is 0 Å². The van der Waals surface area contributed by atoms with Crippen molar-refractivity contribution >= 4 is 27.8 Å². The summed E-state index contributed by atoms with van der Waals surface area (Å²) in [4.78, 5) is 23.7. The van der Waals surface area contributed by atoms with E-state index in [4.69, 9.17) is 4.74 Å². The topological polar surface area (TPSA) is 60.3 Å². The maximum Gasteiger partial charge on any atom is 0.328 e. The minimum Gasteiger partial charge on any atom is -0.464 e. The van der Waals surface area contributed by atoms with Crippen LogP contribution in [0, 0.1) is 0 Å². The fourth-order valence-electron chi connectivity index (χ4n) is 1.88. The lowest BCUT2D eigenvalue weighted by atomic mass is 10.3. The van der Waals surface area contributed by atoms with Crippen molar-refractivity contribution in [3.05, 3.63) is 22.4 Å². The Hall–Kier alpha value is -1.30. The molecule has 1 aliphatic rings. The fourth-order valence-corrected chi connectivity index (χ4v) is 2.32. The normalized spacial score (nSPS) is 15.9. The highest BCUT2D eigenvalue weighted by atomic mass is 79.9.